The van der Waals surface area contributed by atoms with Gasteiger partial charge in [0.25, 0.3) is 11.8 Å². The van der Waals surface area contributed by atoms with Crippen molar-refractivity contribution in [1.82, 2.24) is 4.90 Å². The van der Waals surface area contributed by atoms with Crippen LogP contribution in [0.4, 0.5) is 10.1 Å². The summed E-state index contributed by atoms with van der Waals surface area (Å²) < 4.78 is 18.3. The molecule has 0 spiro atoms. The topological polar surface area (TPSA) is 119 Å². The first-order valence-electron chi connectivity index (χ1n) is 10.2. The molecule has 1 saturated heterocycles. The smallest absolute Gasteiger partial charge is 0.309 e. The summed E-state index contributed by atoms with van der Waals surface area (Å²) in [7, 11) is 0. The predicted molar refractivity (Wildman–Crippen MR) is 114 cm³/mol. The molecule has 1 aliphatic rings. The van der Waals surface area contributed by atoms with E-state index in [0.29, 0.717) is 42.7 Å². The van der Waals surface area contributed by atoms with Crippen LogP contribution in [0, 0.1) is 11.7 Å². The van der Waals surface area contributed by atoms with Crippen LogP contribution in [0.1, 0.15) is 40.5 Å². The lowest BCUT2D eigenvalue weighted by molar-refractivity contribution is -0.158. The molecule has 3 amide bonds. The van der Waals surface area contributed by atoms with Gasteiger partial charge in [0.1, 0.15) is 5.82 Å². The van der Waals surface area contributed by atoms with E-state index in [4.69, 9.17) is 10.5 Å². The largest absolute Gasteiger partial charge is 0.452 e. The number of primary amides is 1. The first-order valence-corrected chi connectivity index (χ1v) is 10.2. The lowest BCUT2D eigenvalue weighted by Crippen LogP contribution is -2.41. The molecule has 1 aliphatic heterocycles. The molecule has 1 heterocycles. The van der Waals surface area contributed by atoms with Crippen molar-refractivity contribution in [2.45, 2.75) is 25.9 Å². The quantitative estimate of drug-likeness (QED) is 0.667. The van der Waals surface area contributed by atoms with Crippen LogP contribution in [-0.2, 0) is 14.3 Å². The van der Waals surface area contributed by atoms with Crippen molar-refractivity contribution in [3.63, 3.8) is 0 Å². The minimum atomic E-state index is -1.02. The number of anilines is 1. The summed E-state index contributed by atoms with van der Waals surface area (Å²) in [6, 6.07) is 11.3. The average molecular weight is 441 g/mol. The molecule has 0 bridgehead atoms. The highest BCUT2D eigenvalue weighted by molar-refractivity contribution is 5.97. The molecule has 0 unspecified atom stereocenters. The highest BCUT2D eigenvalue weighted by Crippen LogP contribution is 2.21. The Hall–Kier alpha value is -3.75. The Labute approximate surface area is 184 Å². The second-order valence-corrected chi connectivity index (χ2v) is 7.58. The van der Waals surface area contributed by atoms with Crippen LogP contribution in [0.2, 0.25) is 0 Å². The highest BCUT2D eigenvalue weighted by Gasteiger charge is 2.30. The number of nitrogens with zero attached hydrogens (tertiary/aromatic N) is 1. The number of rotatable bonds is 6. The maximum atomic E-state index is 13.0. The van der Waals surface area contributed by atoms with E-state index in [-0.39, 0.29) is 5.91 Å². The Morgan fingerprint density at radius 3 is 2.12 bits per heavy atom. The number of hydrogen-bond donors (Lipinski definition) is 2. The number of ether oxygens (including phenoxy) is 1. The maximum absolute atomic E-state index is 13.0. The Bertz CT molecular complexity index is 999. The van der Waals surface area contributed by atoms with Gasteiger partial charge in [-0.25, -0.2) is 4.39 Å². The summed E-state index contributed by atoms with van der Waals surface area (Å²) >= 11 is 0. The Balaban J connectivity index is 1.47. The molecule has 0 radical (unpaired) electrons. The van der Waals surface area contributed by atoms with E-state index >= 15 is 0 Å². The van der Waals surface area contributed by atoms with Gasteiger partial charge in [-0.05, 0) is 68.3 Å². The second-order valence-electron chi connectivity index (χ2n) is 7.58. The van der Waals surface area contributed by atoms with Crippen molar-refractivity contribution in [3.05, 3.63) is 65.5 Å². The van der Waals surface area contributed by atoms with Crippen LogP contribution >= 0.6 is 0 Å². The summed E-state index contributed by atoms with van der Waals surface area (Å²) in [5, 5.41) is 2.61. The van der Waals surface area contributed by atoms with Crippen LogP contribution in [0.3, 0.4) is 0 Å². The van der Waals surface area contributed by atoms with Gasteiger partial charge < -0.3 is 20.7 Å². The number of amides is 3. The van der Waals surface area contributed by atoms with Crippen molar-refractivity contribution in [2.75, 3.05) is 18.4 Å². The van der Waals surface area contributed by atoms with Crippen molar-refractivity contribution in [2.24, 2.45) is 11.7 Å². The fourth-order valence-electron chi connectivity index (χ4n) is 3.38. The molecule has 0 aromatic heterocycles. The van der Waals surface area contributed by atoms with Gasteiger partial charge in [-0.2, -0.15) is 0 Å². The number of benzene rings is 2. The minimum Gasteiger partial charge on any atom is -0.452 e. The van der Waals surface area contributed by atoms with Gasteiger partial charge >= 0.3 is 5.97 Å². The Morgan fingerprint density at radius 2 is 1.56 bits per heavy atom. The van der Waals surface area contributed by atoms with Gasteiger partial charge in [-0.15, -0.1) is 0 Å². The van der Waals surface area contributed by atoms with E-state index in [2.05, 4.69) is 5.32 Å². The summed E-state index contributed by atoms with van der Waals surface area (Å²) in [5.74, 6) is -2.62. The number of hydrogen-bond acceptors (Lipinski definition) is 5. The van der Waals surface area contributed by atoms with Crippen molar-refractivity contribution >= 4 is 29.4 Å². The van der Waals surface area contributed by atoms with E-state index in [1.54, 1.807) is 4.90 Å². The fraction of sp³-hybridized carbons (Fsp3) is 0.304. The zero-order valence-electron chi connectivity index (χ0n) is 17.5. The van der Waals surface area contributed by atoms with Gasteiger partial charge in [0.05, 0.1) is 5.92 Å². The van der Waals surface area contributed by atoms with Crippen LogP contribution < -0.4 is 11.1 Å². The Morgan fingerprint density at radius 1 is 1.00 bits per heavy atom. The zero-order chi connectivity index (χ0) is 23.3. The number of esters is 1. The van der Waals surface area contributed by atoms with Gasteiger partial charge in [-0.1, -0.05) is 0 Å². The minimum absolute atomic E-state index is 0.216. The molecule has 2 aromatic carbocycles. The van der Waals surface area contributed by atoms with E-state index in [1.165, 1.54) is 55.5 Å². The first-order chi connectivity index (χ1) is 15.2. The standard InChI is InChI=1S/C23H24FN3O5/c1-14(21(29)26-19-8-4-15(5-9-19)20(25)28)32-23(31)17-10-12-27(13-11-17)22(30)16-2-6-18(24)7-3-16/h2-9,14,17H,10-13H2,1H3,(H2,25,28)(H,26,29)/t14-/m1/s1. The zero-order valence-corrected chi connectivity index (χ0v) is 17.5. The molecule has 2 aromatic rings. The summed E-state index contributed by atoms with van der Waals surface area (Å²) in [4.78, 5) is 50.0. The van der Waals surface area contributed by atoms with E-state index in [9.17, 15) is 23.6 Å². The third-order valence-electron chi connectivity index (χ3n) is 5.31. The van der Waals surface area contributed by atoms with Crippen molar-refractivity contribution in [3.8, 4) is 0 Å². The van der Waals surface area contributed by atoms with Crippen molar-refractivity contribution < 1.29 is 28.3 Å². The van der Waals surface area contributed by atoms with Crippen LogP contribution in [-0.4, -0.2) is 47.8 Å². The number of halogens is 1. The molecule has 1 fully saturated rings. The molecule has 0 saturated carbocycles. The Kier molecular flexibility index (Phi) is 7.19. The number of carbonyl (C=O) groups excluding carboxylic acids is 4. The van der Waals surface area contributed by atoms with Gasteiger partial charge in [0.2, 0.25) is 5.91 Å². The molecule has 3 rings (SSSR count). The van der Waals surface area contributed by atoms with Crippen LogP contribution in [0.5, 0.6) is 0 Å². The molecular formula is C23H24FN3O5. The molecule has 1 atom stereocenters. The fourth-order valence-corrected chi connectivity index (χ4v) is 3.38. The van der Waals surface area contributed by atoms with E-state index < -0.39 is 35.6 Å². The average Bonchev–Trinajstić information content (AvgIpc) is 2.79. The van der Waals surface area contributed by atoms with Gasteiger partial charge in [-0.3, -0.25) is 19.2 Å². The molecule has 168 valence electrons. The summed E-state index contributed by atoms with van der Waals surface area (Å²) in [6.07, 6.45) is -0.194. The van der Waals surface area contributed by atoms with Crippen LogP contribution in [0.25, 0.3) is 0 Å². The van der Waals surface area contributed by atoms with Gasteiger partial charge in [0.15, 0.2) is 6.10 Å². The normalized spacial score (nSPS) is 15.0. The van der Waals surface area contributed by atoms with Crippen LogP contribution in [0.15, 0.2) is 48.5 Å². The number of carbonyl (C=O) groups is 4. The highest BCUT2D eigenvalue weighted by atomic mass is 19.1. The van der Waals surface area contributed by atoms with E-state index in [1.807, 2.05) is 0 Å². The lowest BCUT2D eigenvalue weighted by atomic mass is 9.96. The molecule has 0 aliphatic carbocycles. The monoisotopic (exact) mass is 441 g/mol. The molecule has 3 N–H and O–H groups in total. The number of nitrogens with two attached hydrogens (primary N) is 1. The molecular weight excluding hydrogens is 417 g/mol. The SMILES string of the molecule is C[C@@H](OC(=O)C1CCN(C(=O)c2ccc(F)cc2)CC1)C(=O)Nc1ccc(C(N)=O)cc1. The molecule has 8 nitrogen and oxygen atoms in total. The lowest BCUT2D eigenvalue weighted by Gasteiger charge is -2.31. The maximum Gasteiger partial charge on any atom is 0.309 e. The molecule has 32 heavy (non-hydrogen) atoms. The number of nitrogens with one attached hydrogen (secondary N) is 1. The predicted octanol–water partition coefficient (Wildman–Crippen LogP) is 2.35. The molecule has 9 heteroatoms. The van der Waals surface area contributed by atoms with E-state index in [0.717, 1.165) is 0 Å². The second kappa shape index (κ2) is 10.0. The first kappa shape index (κ1) is 22.9. The van der Waals surface area contributed by atoms with Crippen molar-refractivity contribution in [1.29, 1.82) is 0 Å². The summed E-state index contributed by atoms with van der Waals surface area (Å²) in [6.45, 7) is 2.20. The summed E-state index contributed by atoms with van der Waals surface area (Å²) in [5.41, 5.74) is 6.32. The third-order valence-corrected chi connectivity index (χ3v) is 5.31. The van der Waals surface area contributed by atoms with Gasteiger partial charge in [0, 0.05) is 29.9 Å². The number of piperidine rings is 1. The third kappa shape index (κ3) is 5.69. The number of likely N-dealkylation sites (tertiary alicyclic amines) is 1.